The maximum absolute atomic E-state index is 12.9. The molecule has 1 aromatic heterocycles. The molecule has 0 spiro atoms. The van der Waals surface area contributed by atoms with Gasteiger partial charge in [0.05, 0.1) is 11.9 Å². The van der Waals surface area contributed by atoms with Crippen LogP contribution in [-0.2, 0) is 15.8 Å². The predicted octanol–water partition coefficient (Wildman–Crippen LogP) is 2.15. The molecule has 2 atom stereocenters. The number of nitrogens with zero attached hydrogens (tertiary/aromatic N) is 2. The molecule has 11 heteroatoms. The molecule has 0 radical (unpaired) electrons. The lowest BCUT2D eigenvalue weighted by atomic mass is 10.0. The van der Waals surface area contributed by atoms with E-state index in [2.05, 4.69) is 39.0 Å². The summed E-state index contributed by atoms with van der Waals surface area (Å²) in [7, 11) is -4.66. The molecule has 2 unspecified atom stereocenters. The van der Waals surface area contributed by atoms with Gasteiger partial charge in [0.15, 0.2) is 0 Å². The highest BCUT2D eigenvalue weighted by molar-refractivity contribution is 7.46. The molecule has 2 amide bonds. The van der Waals surface area contributed by atoms with Crippen molar-refractivity contribution in [2.75, 3.05) is 0 Å². The van der Waals surface area contributed by atoms with E-state index < -0.39 is 19.8 Å². The summed E-state index contributed by atoms with van der Waals surface area (Å²) in [4.78, 5) is 51.5. The molecule has 0 aliphatic carbocycles. The molecular formula is C21H29N4O6P. The second-order valence-corrected chi connectivity index (χ2v) is 9.20. The number of amides is 2. The van der Waals surface area contributed by atoms with E-state index in [1.54, 1.807) is 19.1 Å². The number of aromatic nitrogens is 2. The number of phosphoric acid groups is 1. The third kappa shape index (κ3) is 8.74. The number of rotatable bonds is 10. The van der Waals surface area contributed by atoms with Gasteiger partial charge in [-0.1, -0.05) is 26.0 Å². The number of carbonyl (C=O) groups excluding carboxylic acids is 2. The fraction of sp³-hybridized carbons (Fsp3) is 0.429. The van der Waals surface area contributed by atoms with Crippen LogP contribution in [0.4, 0.5) is 0 Å². The highest BCUT2D eigenvalue weighted by Crippen LogP contribution is 2.37. The highest BCUT2D eigenvalue weighted by atomic mass is 31.2. The van der Waals surface area contributed by atoms with Crippen LogP contribution in [0, 0.1) is 12.8 Å². The van der Waals surface area contributed by atoms with E-state index in [-0.39, 0.29) is 29.8 Å². The Morgan fingerprint density at radius 1 is 1.06 bits per heavy atom. The van der Waals surface area contributed by atoms with Gasteiger partial charge < -0.3 is 15.2 Å². The molecule has 2 rings (SSSR count). The summed E-state index contributed by atoms with van der Waals surface area (Å²) in [6.07, 6.45) is 3.75. The predicted molar refractivity (Wildman–Crippen MR) is 118 cm³/mol. The molecule has 0 saturated heterocycles. The van der Waals surface area contributed by atoms with Crippen LogP contribution >= 0.6 is 7.82 Å². The Hall–Kier alpha value is -2.81. The van der Waals surface area contributed by atoms with Gasteiger partial charge in [-0.15, -0.1) is 0 Å². The Labute approximate surface area is 187 Å². The first kappa shape index (κ1) is 25.5. The molecule has 32 heavy (non-hydrogen) atoms. The number of aryl methyl sites for hydroxylation is 1. The Morgan fingerprint density at radius 3 is 2.25 bits per heavy atom. The van der Waals surface area contributed by atoms with Crippen molar-refractivity contribution in [3.8, 4) is 5.75 Å². The van der Waals surface area contributed by atoms with E-state index in [1.807, 2.05) is 6.92 Å². The smallest absolute Gasteiger partial charge is 0.404 e. The Morgan fingerprint density at radius 2 is 1.72 bits per heavy atom. The first-order valence-electron chi connectivity index (χ1n) is 10.2. The van der Waals surface area contributed by atoms with Crippen molar-refractivity contribution in [3.63, 3.8) is 0 Å². The molecule has 4 N–H and O–H groups in total. The zero-order valence-electron chi connectivity index (χ0n) is 18.5. The van der Waals surface area contributed by atoms with E-state index in [4.69, 9.17) is 9.79 Å². The lowest BCUT2D eigenvalue weighted by molar-refractivity contribution is -0.123. The molecule has 0 bridgehead atoms. The Bertz CT molecular complexity index is 959. The van der Waals surface area contributed by atoms with Crippen LogP contribution < -0.4 is 15.2 Å². The van der Waals surface area contributed by atoms with Gasteiger partial charge in [0.2, 0.25) is 5.91 Å². The van der Waals surface area contributed by atoms with E-state index in [0.29, 0.717) is 17.2 Å². The van der Waals surface area contributed by atoms with Gasteiger partial charge in [-0.25, -0.2) is 9.55 Å². The van der Waals surface area contributed by atoms with Crippen molar-refractivity contribution in [3.05, 3.63) is 53.6 Å². The summed E-state index contributed by atoms with van der Waals surface area (Å²) in [5.41, 5.74) is 1.42. The topological polar surface area (TPSA) is 151 Å². The lowest BCUT2D eigenvalue weighted by Gasteiger charge is -2.22. The number of hydrogen-bond donors (Lipinski definition) is 4. The number of nitrogens with one attached hydrogen (secondary N) is 2. The summed E-state index contributed by atoms with van der Waals surface area (Å²) in [5.74, 6) is -0.493. The van der Waals surface area contributed by atoms with Crippen LogP contribution in [0.2, 0.25) is 0 Å². The van der Waals surface area contributed by atoms with Crippen molar-refractivity contribution < 1.29 is 28.5 Å². The van der Waals surface area contributed by atoms with Crippen molar-refractivity contribution in [1.82, 2.24) is 20.6 Å². The van der Waals surface area contributed by atoms with E-state index in [0.717, 1.165) is 6.42 Å². The summed E-state index contributed by atoms with van der Waals surface area (Å²) >= 11 is 0. The van der Waals surface area contributed by atoms with Crippen molar-refractivity contribution in [1.29, 1.82) is 0 Å². The van der Waals surface area contributed by atoms with Crippen LogP contribution in [0.5, 0.6) is 5.75 Å². The average Bonchev–Trinajstić information content (AvgIpc) is 2.67. The van der Waals surface area contributed by atoms with Gasteiger partial charge in [-0.05, 0) is 43.9 Å². The highest BCUT2D eigenvalue weighted by Gasteiger charge is 2.24. The van der Waals surface area contributed by atoms with Crippen molar-refractivity contribution >= 4 is 19.6 Å². The summed E-state index contributed by atoms with van der Waals surface area (Å²) in [5, 5.41) is 5.63. The first-order chi connectivity index (χ1) is 14.9. The SMILES string of the molecule is Cc1cnc(C(=O)NC(Cc2ccc(OP(=O)(O)O)cc2)C(=O)NC(C)CC(C)C)cn1. The molecule has 1 heterocycles. The minimum atomic E-state index is -4.66. The van der Waals surface area contributed by atoms with Gasteiger partial charge in [0.1, 0.15) is 17.5 Å². The third-order valence-corrected chi connectivity index (χ3v) is 4.89. The number of hydrogen-bond acceptors (Lipinski definition) is 6. The van der Waals surface area contributed by atoms with Crippen LogP contribution in [0.3, 0.4) is 0 Å². The zero-order valence-corrected chi connectivity index (χ0v) is 19.4. The van der Waals surface area contributed by atoms with Crippen molar-refractivity contribution in [2.45, 2.75) is 52.6 Å². The van der Waals surface area contributed by atoms with E-state index >= 15 is 0 Å². The van der Waals surface area contributed by atoms with Crippen LogP contribution in [0.15, 0.2) is 36.7 Å². The normalized spacial score (nSPS) is 13.3. The number of carbonyl (C=O) groups is 2. The van der Waals surface area contributed by atoms with Gasteiger partial charge in [-0.3, -0.25) is 24.4 Å². The maximum atomic E-state index is 12.9. The fourth-order valence-corrected chi connectivity index (χ4v) is 3.52. The maximum Gasteiger partial charge on any atom is 0.524 e. The largest absolute Gasteiger partial charge is 0.524 e. The van der Waals surface area contributed by atoms with Gasteiger partial charge in [-0.2, -0.15) is 0 Å². The molecule has 0 aliphatic heterocycles. The lowest BCUT2D eigenvalue weighted by Crippen LogP contribution is -2.50. The molecular weight excluding hydrogens is 435 g/mol. The minimum Gasteiger partial charge on any atom is -0.404 e. The average molecular weight is 464 g/mol. The second-order valence-electron chi connectivity index (χ2n) is 8.04. The quantitative estimate of drug-likeness (QED) is 0.391. The van der Waals surface area contributed by atoms with Gasteiger partial charge in [0.25, 0.3) is 5.91 Å². The van der Waals surface area contributed by atoms with Gasteiger partial charge >= 0.3 is 7.82 Å². The fourth-order valence-electron chi connectivity index (χ4n) is 3.12. The monoisotopic (exact) mass is 464 g/mol. The minimum absolute atomic E-state index is 0.00685. The second kappa shape index (κ2) is 11.2. The number of benzene rings is 1. The molecule has 0 fully saturated rings. The van der Waals surface area contributed by atoms with Crippen molar-refractivity contribution in [2.24, 2.45) is 5.92 Å². The Balaban J connectivity index is 2.17. The number of phosphoric ester groups is 1. The molecule has 0 aliphatic rings. The van der Waals surface area contributed by atoms with Gasteiger partial charge in [0, 0.05) is 18.7 Å². The van der Waals surface area contributed by atoms with Crippen LogP contribution in [-0.4, -0.2) is 43.7 Å². The van der Waals surface area contributed by atoms with Crippen LogP contribution in [0.1, 0.15) is 48.9 Å². The molecule has 10 nitrogen and oxygen atoms in total. The molecule has 174 valence electrons. The summed E-state index contributed by atoms with van der Waals surface area (Å²) < 4.78 is 15.5. The summed E-state index contributed by atoms with van der Waals surface area (Å²) in [6.45, 7) is 7.76. The summed E-state index contributed by atoms with van der Waals surface area (Å²) in [6, 6.07) is 4.94. The first-order valence-corrected chi connectivity index (χ1v) is 11.7. The zero-order chi connectivity index (χ0) is 23.9. The standard InChI is InChI=1S/C21H29N4O6P/c1-13(2)9-14(3)24-20(26)18(25-21(27)19-12-22-15(4)11-23-19)10-16-5-7-17(8-6-16)31-32(28,29)30/h5-8,11-14,18H,9-10H2,1-4H3,(H,24,26)(H,25,27)(H2,28,29,30). The molecule has 1 aromatic carbocycles. The third-order valence-electron chi connectivity index (χ3n) is 4.44. The molecule has 2 aromatic rings. The Kier molecular flexibility index (Phi) is 8.89. The van der Waals surface area contributed by atoms with E-state index in [9.17, 15) is 14.2 Å². The molecule has 0 saturated carbocycles. The van der Waals surface area contributed by atoms with Crippen LogP contribution in [0.25, 0.3) is 0 Å². The van der Waals surface area contributed by atoms with E-state index in [1.165, 1.54) is 24.5 Å².